The Morgan fingerprint density at radius 1 is 0.304 bits per heavy atom. The van der Waals surface area contributed by atoms with Crippen LogP contribution in [-0.4, -0.2) is 37.2 Å². The lowest BCUT2D eigenvalue weighted by Crippen LogP contribution is -2.30. The summed E-state index contributed by atoms with van der Waals surface area (Å²) in [4.78, 5) is 38.1. The van der Waals surface area contributed by atoms with Crippen LogP contribution < -0.4 is 0 Å². The summed E-state index contributed by atoms with van der Waals surface area (Å²) in [6.45, 7) is 6.43. The Balaban J connectivity index is 4.55. The summed E-state index contributed by atoms with van der Waals surface area (Å²) in [6, 6.07) is 0. The molecule has 0 aromatic carbocycles. The van der Waals surface area contributed by atoms with Crippen LogP contribution in [-0.2, 0) is 28.6 Å². The minimum Gasteiger partial charge on any atom is -0.462 e. The van der Waals surface area contributed by atoms with Crippen LogP contribution in [0.3, 0.4) is 0 Å². The van der Waals surface area contributed by atoms with Gasteiger partial charge in [-0.15, -0.1) is 0 Å². The van der Waals surface area contributed by atoms with Crippen molar-refractivity contribution in [1.29, 1.82) is 0 Å². The van der Waals surface area contributed by atoms with Crippen molar-refractivity contribution in [3.63, 3.8) is 0 Å². The molecule has 69 heavy (non-hydrogen) atoms. The number of hydrogen-bond donors (Lipinski definition) is 0. The van der Waals surface area contributed by atoms with Crippen molar-refractivity contribution in [2.75, 3.05) is 13.2 Å². The Hall–Kier alpha value is -3.93. The van der Waals surface area contributed by atoms with Crippen LogP contribution in [0.5, 0.6) is 0 Å². The molecule has 0 aromatic rings. The molecule has 0 aliphatic carbocycles. The van der Waals surface area contributed by atoms with Gasteiger partial charge in [0.25, 0.3) is 0 Å². The first-order valence-corrected chi connectivity index (χ1v) is 28.4. The number of allylic oxidation sites excluding steroid dienone is 18. The monoisotopic (exact) mass is 957 g/mol. The van der Waals surface area contributed by atoms with E-state index in [2.05, 4.69) is 130 Å². The molecule has 0 bridgehead atoms. The van der Waals surface area contributed by atoms with E-state index in [1.54, 1.807) is 0 Å². The molecule has 0 rings (SSSR count). The van der Waals surface area contributed by atoms with E-state index in [1.807, 2.05) is 0 Å². The van der Waals surface area contributed by atoms with Crippen molar-refractivity contribution in [2.24, 2.45) is 0 Å². The molecule has 0 saturated heterocycles. The van der Waals surface area contributed by atoms with Crippen LogP contribution in [0.4, 0.5) is 0 Å². The fourth-order valence-electron chi connectivity index (χ4n) is 7.48. The molecule has 392 valence electrons. The molecule has 0 radical (unpaired) electrons. The third-order valence-electron chi connectivity index (χ3n) is 11.7. The van der Waals surface area contributed by atoms with Crippen molar-refractivity contribution < 1.29 is 28.6 Å². The number of carbonyl (C=O) groups excluding carboxylic acids is 3. The maximum absolute atomic E-state index is 12.8. The normalized spacial score (nSPS) is 12.9. The lowest BCUT2D eigenvalue weighted by Gasteiger charge is -2.18. The standard InChI is InChI=1S/C63H104O6/c1-4-7-10-13-16-19-22-25-28-30-31-33-36-39-42-45-48-51-54-57-63(66)69-60(58-67-61(64)55-52-49-46-43-40-37-34-27-24-21-18-15-12-9-6-3)59-68-62(65)56-53-50-47-44-41-38-35-32-29-26-23-20-17-14-11-8-5-2/h7,10,16,19,25-29,31,33-35,38-39,42,44,47,60H,4-6,8-9,11-15,17-18,20-24,30,32,36-37,40-41,43,45-46,48-59H2,1-3H3/b10-7-,19-16-,28-25-,29-26-,33-31-,34-27-,38-35-,42-39-,47-44-/t60-/m0/s1. The van der Waals surface area contributed by atoms with Gasteiger partial charge < -0.3 is 14.2 Å². The summed E-state index contributed by atoms with van der Waals surface area (Å²) < 4.78 is 16.8. The SMILES string of the molecule is CC/C=C\C/C=C\C/C=C\C/C=C\C/C=C\CCCCCC(=O)O[C@H](COC(=O)CCC/C=C\C/C=C\C/C=C\CCCCCCCC)COC(=O)CCCCCCC/C=C\CCCCCCCC. The van der Waals surface area contributed by atoms with Crippen LogP contribution in [0.25, 0.3) is 0 Å². The van der Waals surface area contributed by atoms with Crippen LogP contribution >= 0.6 is 0 Å². The molecule has 6 heteroatoms. The molecule has 0 heterocycles. The highest BCUT2D eigenvalue weighted by molar-refractivity contribution is 5.71. The second-order valence-electron chi connectivity index (χ2n) is 18.5. The van der Waals surface area contributed by atoms with E-state index in [4.69, 9.17) is 14.2 Å². The number of rotatable bonds is 50. The molecule has 0 spiro atoms. The summed E-state index contributed by atoms with van der Waals surface area (Å²) >= 11 is 0. The minimum absolute atomic E-state index is 0.113. The van der Waals surface area contributed by atoms with Crippen molar-refractivity contribution in [3.05, 3.63) is 109 Å². The molecule has 0 fully saturated rings. The van der Waals surface area contributed by atoms with Crippen molar-refractivity contribution >= 4 is 17.9 Å². The van der Waals surface area contributed by atoms with Gasteiger partial charge in [0.1, 0.15) is 13.2 Å². The first-order chi connectivity index (χ1) is 34.0. The maximum atomic E-state index is 12.8. The van der Waals surface area contributed by atoms with Gasteiger partial charge in [-0.2, -0.15) is 0 Å². The lowest BCUT2D eigenvalue weighted by molar-refractivity contribution is -0.167. The van der Waals surface area contributed by atoms with E-state index in [0.717, 1.165) is 103 Å². The topological polar surface area (TPSA) is 78.9 Å². The van der Waals surface area contributed by atoms with E-state index in [-0.39, 0.29) is 44.0 Å². The fourth-order valence-corrected chi connectivity index (χ4v) is 7.48. The van der Waals surface area contributed by atoms with Crippen molar-refractivity contribution in [3.8, 4) is 0 Å². The highest BCUT2D eigenvalue weighted by Gasteiger charge is 2.19. The number of esters is 3. The van der Waals surface area contributed by atoms with Gasteiger partial charge in [-0.25, -0.2) is 0 Å². The second-order valence-corrected chi connectivity index (χ2v) is 18.5. The zero-order valence-electron chi connectivity index (χ0n) is 44.8. The molecular formula is C63H104O6. The third kappa shape index (κ3) is 54.9. The maximum Gasteiger partial charge on any atom is 0.306 e. The molecule has 0 aliphatic heterocycles. The predicted molar refractivity (Wildman–Crippen MR) is 297 cm³/mol. The van der Waals surface area contributed by atoms with Gasteiger partial charge in [0.2, 0.25) is 0 Å². The van der Waals surface area contributed by atoms with E-state index >= 15 is 0 Å². The Labute approximate surface area is 425 Å². The van der Waals surface area contributed by atoms with Gasteiger partial charge >= 0.3 is 17.9 Å². The van der Waals surface area contributed by atoms with Gasteiger partial charge in [-0.05, 0) is 122 Å². The summed E-state index contributed by atoms with van der Waals surface area (Å²) in [5.74, 6) is -1.01. The van der Waals surface area contributed by atoms with Crippen molar-refractivity contribution in [2.45, 2.75) is 258 Å². The molecule has 0 unspecified atom stereocenters. The molecule has 6 nitrogen and oxygen atoms in total. The van der Waals surface area contributed by atoms with E-state index in [1.165, 1.54) is 96.3 Å². The first kappa shape index (κ1) is 65.1. The highest BCUT2D eigenvalue weighted by Crippen LogP contribution is 2.13. The lowest BCUT2D eigenvalue weighted by atomic mass is 10.1. The number of ether oxygens (including phenoxy) is 3. The smallest absolute Gasteiger partial charge is 0.306 e. The second kappa shape index (κ2) is 56.7. The predicted octanol–water partition coefficient (Wildman–Crippen LogP) is 19.1. The van der Waals surface area contributed by atoms with Crippen molar-refractivity contribution in [1.82, 2.24) is 0 Å². The molecule has 0 N–H and O–H groups in total. The van der Waals surface area contributed by atoms with Gasteiger partial charge in [0.05, 0.1) is 0 Å². The molecule has 0 aromatic heterocycles. The first-order valence-electron chi connectivity index (χ1n) is 28.4. The molecular weight excluding hydrogens is 853 g/mol. The van der Waals surface area contributed by atoms with Crippen LogP contribution in [0.2, 0.25) is 0 Å². The molecule has 0 saturated carbocycles. The molecule has 0 amide bonds. The molecule has 1 atom stereocenters. The van der Waals surface area contributed by atoms with Crippen LogP contribution in [0.15, 0.2) is 109 Å². The fraction of sp³-hybridized carbons (Fsp3) is 0.667. The van der Waals surface area contributed by atoms with Gasteiger partial charge in [0, 0.05) is 19.3 Å². The largest absolute Gasteiger partial charge is 0.462 e. The Morgan fingerprint density at radius 3 is 0.971 bits per heavy atom. The summed E-state index contributed by atoms with van der Waals surface area (Å²) in [7, 11) is 0. The van der Waals surface area contributed by atoms with E-state index in [9.17, 15) is 14.4 Å². The molecule has 0 aliphatic rings. The average Bonchev–Trinajstić information content (AvgIpc) is 3.35. The van der Waals surface area contributed by atoms with Crippen LogP contribution in [0.1, 0.15) is 252 Å². The number of unbranched alkanes of at least 4 members (excludes halogenated alkanes) is 21. The summed E-state index contributed by atoms with van der Waals surface area (Å²) in [5.41, 5.74) is 0. The number of carbonyl (C=O) groups is 3. The third-order valence-corrected chi connectivity index (χ3v) is 11.7. The Morgan fingerprint density at radius 2 is 0.580 bits per heavy atom. The quantitative estimate of drug-likeness (QED) is 0.0262. The van der Waals surface area contributed by atoms with Gasteiger partial charge in [-0.1, -0.05) is 220 Å². The van der Waals surface area contributed by atoms with Gasteiger partial charge in [-0.3, -0.25) is 14.4 Å². The average molecular weight is 958 g/mol. The number of hydrogen-bond acceptors (Lipinski definition) is 6. The Bertz CT molecular complexity index is 1420. The zero-order chi connectivity index (χ0) is 50.0. The summed E-state index contributed by atoms with van der Waals surface area (Å²) in [6.07, 6.45) is 76.5. The highest BCUT2D eigenvalue weighted by atomic mass is 16.6. The minimum atomic E-state index is -0.821. The Kier molecular flexibility index (Phi) is 53.4. The van der Waals surface area contributed by atoms with E-state index in [0.29, 0.717) is 19.3 Å². The zero-order valence-corrected chi connectivity index (χ0v) is 44.8. The van der Waals surface area contributed by atoms with E-state index < -0.39 is 6.10 Å². The summed E-state index contributed by atoms with van der Waals surface area (Å²) in [5, 5.41) is 0. The van der Waals surface area contributed by atoms with Gasteiger partial charge in [0.15, 0.2) is 6.10 Å². The van der Waals surface area contributed by atoms with Crippen LogP contribution in [0, 0.1) is 0 Å².